The van der Waals surface area contributed by atoms with Crippen LogP contribution in [0, 0.1) is 18.3 Å². The summed E-state index contributed by atoms with van der Waals surface area (Å²) >= 11 is 0. The molecule has 0 aliphatic rings. The average molecular weight is 248 g/mol. The van der Waals surface area contributed by atoms with Gasteiger partial charge in [-0.25, -0.2) is 0 Å². The summed E-state index contributed by atoms with van der Waals surface area (Å²) in [5.74, 6) is 0.711. The van der Waals surface area contributed by atoms with Crippen molar-refractivity contribution in [1.29, 1.82) is 0 Å². The van der Waals surface area contributed by atoms with E-state index in [9.17, 15) is 0 Å². The zero-order chi connectivity index (χ0) is 13.8. The predicted octanol–water partition coefficient (Wildman–Crippen LogP) is 4.11. The molecule has 1 heterocycles. The van der Waals surface area contributed by atoms with Crippen LogP contribution in [0.5, 0.6) is 0 Å². The van der Waals surface area contributed by atoms with Gasteiger partial charge in [-0.05, 0) is 49.3 Å². The molecular weight excluding hydrogens is 220 g/mol. The highest BCUT2D eigenvalue weighted by Gasteiger charge is 2.19. The van der Waals surface area contributed by atoms with Crippen molar-refractivity contribution in [1.82, 2.24) is 10.3 Å². The minimum absolute atomic E-state index is 0.405. The molecule has 0 fully saturated rings. The third-order valence-corrected chi connectivity index (χ3v) is 3.25. The molecular formula is C16H28N2. The van der Waals surface area contributed by atoms with Gasteiger partial charge in [-0.15, -0.1) is 0 Å². The van der Waals surface area contributed by atoms with Crippen molar-refractivity contribution < 1.29 is 0 Å². The first-order chi connectivity index (χ1) is 8.31. The Bertz CT molecular complexity index is 366. The zero-order valence-electron chi connectivity index (χ0n) is 12.7. The van der Waals surface area contributed by atoms with Gasteiger partial charge in [0, 0.05) is 18.4 Å². The first-order valence-corrected chi connectivity index (χ1v) is 6.90. The quantitative estimate of drug-likeness (QED) is 0.848. The summed E-state index contributed by atoms with van der Waals surface area (Å²) in [6.45, 7) is 11.4. The SMILES string of the molecule is CNC(CC(C)CC(C)(C)C)c1cncc(C)c1. The van der Waals surface area contributed by atoms with Gasteiger partial charge in [-0.1, -0.05) is 33.8 Å². The Morgan fingerprint density at radius 2 is 1.94 bits per heavy atom. The molecule has 18 heavy (non-hydrogen) atoms. The van der Waals surface area contributed by atoms with Crippen LogP contribution in [-0.4, -0.2) is 12.0 Å². The van der Waals surface area contributed by atoms with E-state index in [1.54, 1.807) is 0 Å². The van der Waals surface area contributed by atoms with Crippen molar-refractivity contribution in [3.8, 4) is 0 Å². The minimum atomic E-state index is 0.405. The summed E-state index contributed by atoms with van der Waals surface area (Å²) in [7, 11) is 2.04. The lowest BCUT2D eigenvalue weighted by atomic mass is 9.82. The van der Waals surface area contributed by atoms with E-state index in [4.69, 9.17) is 0 Å². The van der Waals surface area contributed by atoms with Crippen LogP contribution in [0.2, 0.25) is 0 Å². The normalized spacial score (nSPS) is 15.4. The molecule has 1 N–H and O–H groups in total. The van der Waals surface area contributed by atoms with E-state index in [0.717, 1.165) is 0 Å². The van der Waals surface area contributed by atoms with Gasteiger partial charge in [0.25, 0.3) is 0 Å². The van der Waals surface area contributed by atoms with Crippen LogP contribution in [0.4, 0.5) is 0 Å². The molecule has 0 aliphatic heterocycles. The summed E-state index contributed by atoms with van der Waals surface area (Å²) < 4.78 is 0. The van der Waals surface area contributed by atoms with E-state index >= 15 is 0 Å². The second-order valence-electron chi connectivity index (χ2n) is 6.74. The van der Waals surface area contributed by atoms with Crippen LogP contribution in [0.15, 0.2) is 18.5 Å². The molecule has 0 spiro atoms. The van der Waals surface area contributed by atoms with E-state index < -0.39 is 0 Å². The maximum atomic E-state index is 4.29. The molecule has 0 saturated carbocycles. The maximum Gasteiger partial charge on any atom is 0.0335 e. The van der Waals surface area contributed by atoms with Crippen molar-refractivity contribution in [3.05, 3.63) is 29.6 Å². The van der Waals surface area contributed by atoms with E-state index in [0.29, 0.717) is 17.4 Å². The Morgan fingerprint density at radius 1 is 1.28 bits per heavy atom. The Hall–Kier alpha value is -0.890. The average Bonchev–Trinajstić information content (AvgIpc) is 2.23. The van der Waals surface area contributed by atoms with Gasteiger partial charge in [0.2, 0.25) is 0 Å². The molecule has 2 unspecified atom stereocenters. The summed E-state index contributed by atoms with van der Waals surface area (Å²) in [5.41, 5.74) is 2.94. The molecule has 1 aromatic heterocycles. The van der Waals surface area contributed by atoms with Crippen molar-refractivity contribution >= 4 is 0 Å². The highest BCUT2D eigenvalue weighted by Crippen LogP contribution is 2.30. The van der Waals surface area contributed by atoms with Gasteiger partial charge in [-0.2, -0.15) is 0 Å². The second kappa shape index (κ2) is 6.33. The Morgan fingerprint density at radius 3 is 2.44 bits per heavy atom. The topological polar surface area (TPSA) is 24.9 Å². The number of nitrogens with one attached hydrogen (secondary N) is 1. The number of pyridine rings is 1. The maximum absolute atomic E-state index is 4.29. The van der Waals surface area contributed by atoms with E-state index in [-0.39, 0.29) is 0 Å². The van der Waals surface area contributed by atoms with Gasteiger partial charge >= 0.3 is 0 Å². The van der Waals surface area contributed by atoms with Crippen molar-refractivity contribution in [2.75, 3.05) is 7.05 Å². The molecule has 0 aliphatic carbocycles. The third-order valence-electron chi connectivity index (χ3n) is 3.25. The minimum Gasteiger partial charge on any atom is -0.313 e. The van der Waals surface area contributed by atoms with Gasteiger partial charge in [0.15, 0.2) is 0 Å². The molecule has 2 heteroatoms. The number of aryl methyl sites for hydroxylation is 1. The van der Waals surface area contributed by atoms with Gasteiger partial charge < -0.3 is 5.32 Å². The fourth-order valence-electron chi connectivity index (χ4n) is 2.72. The second-order valence-corrected chi connectivity index (χ2v) is 6.74. The highest BCUT2D eigenvalue weighted by atomic mass is 14.9. The third kappa shape index (κ3) is 5.18. The summed E-state index contributed by atoms with van der Waals surface area (Å²) in [6, 6.07) is 2.65. The van der Waals surface area contributed by atoms with E-state index in [1.807, 2.05) is 19.4 Å². The predicted molar refractivity (Wildman–Crippen MR) is 78.6 cm³/mol. The van der Waals surface area contributed by atoms with Crippen LogP contribution < -0.4 is 5.32 Å². The lowest BCUT2D eigenvalue weighted by Crippen LogP contribution is -2.21. The smallest absolute Gasteiger partial charge is 0.0335 e. The number of hydrogen-bond donors (Lipinski definition) is 1. The number of nitrogens with zero attached hydrogens (tertiary/aromatic N) is 1. The van der Waals surface area contributed by atoms with Crippen LogP contribution in [0.25, 0.3) is 0 Å². The lowest BCUT2D eigenvalue weighted by molar-refractivity contribution is 0.279. The Kier molecular flexibility index (Phi) is 5.33. The molecule has 102 valence electrons. The molecule has 2 nitrogen and oxygen atoms in total. The van der Waals surface area contributed by atoms with Crippen LogP contribution in [0.3, 0.4) is 0 Å². The molecule has 0 radical (unpaired) electrons. The summed E-state index contributed by atoms with van der Waals surface area (Å²) in [6.07, 6.45) is 6.32. The molecule has 2 atom stereocenters. The lowest BCUT2D eigenvalue weighted by Gasteiger charge is -2.26. The van der Waals surface area contributed by atoms with Crippen molar-refractivity contribution in [3.63, 3.8) is 0 Å². The fourth-order valence-corrected chi connectivity index (χ4v) is 2.72. The molecule has 0 bridgehead atoms. The Balaban J connectivity index is 2.67. The largest absolute Gasteiger partial charge is 0.313 e. The first kappa shape index (κ1) is 15.2. The van der Waals surface area contributed by atoms with Gasteiger partial charge in [0.05, 0.1) is 0 Å². The molecule has 1 rings (SSSR count). The molecule has 0 saturated heterocycles. The summed E-state index contributed by atoms with van der Waals surface area (Å²) in [5, 5.41) is 3.42. The first-order valence-electron chi connectivity index (χ1n) is 6.90. The van der Waals surface area contributed by atoms with Crippen molar-refractivity contribution in [2.45, 2.75) is 53.5 Å². The standard InChI is InChI=1S/C16H28N2/c1-12(9-16(3,4)5)8-15(17-6)14-7-13(2)10-18-11-14/h7,10-12,15,17H,8-9H2,1-6H3. The van der Waals surface area contributed by atoms with E-state index in [1.165, 1.54) is 24.0 Å². The monoisotopic (exact) mass is 248 g/mol. The number of aromatic nitrogens is 1. The zero-order valence-corrected chi connectivity index (χ0v) is 12.7. The summed E-state index contributed by atoms with van der Waals surface area (Å²) in [4.78, 5) is 4.29. The Labute approximate surface area is 112 Å². The molecule has 1 aromatic rings. The van der Waals surface area contributed by atoms with Gasteiger partial charge in [0.1, 0.15) is 0 Å². The highest BCUT2D eigenvalue weighted by molar-refractivity contribution is 5.20. The van der Waals surface area contributed by atoms with Gasteiger partial charge in [-0.3, -0.25) is 4.98 Å². The van der Waals surface area contributed by atoms with E-state index in [2.05, 4.69) is 51.0 Å². The van der Waals surface area contributed by atoms with Crippen LogP contribution in [-0.2, 0) is 0 Å². The number of rotatable bonds is 5. The molecule has 0 amide bonds. The molecule has 0 aromatic carbocycles. The number of hydrogen-bond acceptors (Lipinski definition) is 2. The van der Waals surface area contributed by atoms with Crippen LogP contribution in [0.1, 0.15) is 57.7 Å². The van der Waals surface area contributed by atoms with Crippen LogP contribution >= 0.6 is 0 Å². The van der Waals surface area contributed by atoms with Crippen molar-refractivity contribution in [2.24, 2.45) is 11.3 Å². The fraction of sp³-hybridized carbons (Fsp3) is 0.688.